The minimum Gasteiger partial charge on any atom is -0.302 e. The summed E-state index contributed by atoms with van der Waals surface area (Å²) in [6.45, 7) is 10.5. The molecular formula is C14H28ClN. The van der Waals surface area contributed by atoms with Crippen LogP contribution in [0.5, 0.6) is 0 Å². The average molecular weight is 246 g/mol. The van der Waals surface area contributed by atoms with Gasteiger partial charge in [0.2, 0.25) is 0 Å². The van der Waals surface area contributed by atoms with Crippen molar-refractivity contribution >= 4 is 11.6 Å². The maximum atomic E-state index is 6.35. The monoisotopic (exact) mass is 245 g/mol. The fourth-order valence-electron chi connectivity index (χ4n) is 2.53. The Morgan fingerprint density at radius 1 is 1.38 bits per heavy atom. The van der Waals surface area contributed by atoms with E-state index < -0.39 is 0 Å². The van der Waals surface area contributed by atoms with Crippen LogP contribution in [0.1, 0.15) is 52.9 Å². The largest absolute Gasteiger partial charge is 0.302 e. The van der Waals surface area contributed by atoms with Crippen molar-refractivity contribution in [2.75, 3.05) is 19.6 Å². The third-order valence-corrected chi connectivity index (χ3v) is 4.58. The van der Waals surface area contributed by atoms with Gasteiger partial charge in [0.05, 0.1) is 0 Å². The highest BCUT2D eigenvalue weighted by Gasteiger charge is 2.25. The summed E-state index contributed by atoms with van der Waals surface area (Å²) >= 11 is 6.35. The van der Waals surface area contributed by atoms with Gasteiger partial charge >= 0.3 is 0 Å². The zero-order valence-electron chi connectivity index (χ0n) is 11.2. The van der Waals surface area contributed by atoms with Crippen molar-refractivity contribution in [1.29, 1.82) is 0 Å². The summed E-state index contributed by atoms with van der Waals surface area (Å²) < 4.78 is 0. The minimum atomic E-state index is 0.373. The van der Waals surface area contributed by atoms with E-state index in [-0.39, 0.29) is 0 Å². The van der Waals surface area contributed by atoms with Crippen LogP contribution in [0.4, 0.5) is 0 Å². The Balaban J connectivity index is 2.29. The van der Waals surface area contributed by atoms with Crippen molar-refractivity contribution in [1.82, 2.24) is 4.90 Å². The number of likely N-dealkylation sites (tertiary alicyclic amines) is 1. The summed E-state index contributed by atoms with van der Waals surface area (Å²) in [5.41, 5.74) is 0. The van der Waals surface area contributed by atoms with E-state index in [1.165, 1.54) is 45.2 Å². The zero-order chi connectivity index (χ0) is 12.0. The number of halogens is 1. The summed E-state index contributed by atoms with van der Waals surface area (Å²) in [6.07, 6.45) is 6.70. The fourth-order valence-corrected chi connectivity index (χ4v) is 2.85. The van der Waals surface area contributed by atoms with Crippen molar-refractivity contribution < 1.29 is 0 Å². The fraction of sp³-hybridized carbons (Fsp3) is 1.00. The molecule has 0 spiro atoms. The highest BCUT2D eigenvalue weighted by Crippen LogP contribution is 2.24. The predicted molar refractivity (Wildman–Crippen MR) is 73.2 cm³/mol. The van der Waals surface area contributed by atoms with Crippen LogP contribution in [0.2, 0.25) is 0 Å². The summed E-state index contributed by atoms with van der Waals surface area (Å²) in [5.74, 6) is 1.59. The van der Waals surface area contributed by atoms with Gasteiger partial charge < -0.3 is 4.90 Å². The summed E-state index contributed by atoms with van der Waals surface area (Å²) in [4.78, 5) is 2.58. The van der Waals surface area contributed by atoms with Crippen LogP contribution in [-0.4, -0.2) is 29.9 Å². The Morgan fingerprint density at radius 2 is 2.12 bits per heavy atom. The van der Waals surface area contributed by atoms with Crippen LogP contribution in [0.3, 0.4) is 0 Å². The van der Waals surface area contributed by atoms with Gasteiger partial charge in [0.1, 0.15) is 0 Å². The molecule has 0 amide bonds. The van der Waals surface area contributed by atoms with Gasteiger partial charge in [-0.2, -0.15) is 0 Å². The molecule has 2 heteroatoms. The van der Waals surface area contributed by atoms with E-state index in [4.69, 9.17) is 11.6 Å². The molecule has 1 heterocycles. The van der Waals surface area contributed by atoms with E-state index in [9.17, 15) is 0 Å². The normalized spacial score (nSPS) is 29.2. The molecular weight excluding hydrogens is 218 g/mol. The number of unbranched alkanes of at least 4 members (excludes halogenated alkanes) is 1. The molecule has 0 bridgehead atoms. The number of nitrogens with zero attached hydrogens (tertiary/aromatic N) is 1. The zero-order valence-corrected chi connectivity index (χ0v) is 12.0. The van der Waals surface area contributed by atoms with Gasteiger partial charge in [-0.05, 0) is 31.2 Å². The van der Waals surface area contributed by atoms with Gasteiger partial charge in [-0.25, -0.2) is 0 Å². The van der Waals surface area contributed by atoms with Crippen LogP contribution >= 0.6 is 11.6 Å². The molecule has 0 radical (unpaired) electrons. The van der Waals surface area contributed by atoms with E-state index in [0.717, 1.165) is 12.5 Å². The van der Waals surface area contributed by atoms with Crippen molar-refractivity contribution in [2.24, 2.45) is 11.8 Å². The first-order valence-electron chi connectivity index (χ1n) is 7.03. The average Bonchev–Trinajstić information content (AvgIpc) is 2.29. The lowest BCUT2D eigenvalue weighted by molar-refractivity contribution is 0.164. The molecule has 1 rings (SSSR count). The Kier molecular flexibility index (Phi) is 6.75. The van der Waals surface area contributed by atoms with Gasteiger partial charge in [0.15, 0.2) is 0 Å². The van der Waals surface area contributed by atoms with E-state index in [2.05, 4.69) is 25.7 Å². The van der Waals surface area contributed by atoms with Crippen molar-refractivity contribution in [3.63, 3.8) is 0 Å². The van der Waals surface area contributed by atoms with Crippen LogP contribution < -0.4 is 0 Å². The summed E-state index contributed by atoms with van der Waals surface area (Å²) in [5, 5.41) is 0.373. The van der Waals surface area contributed by atoms with E-state index in [1.807, 2.05) is 0 Å². The third-order valence-electron chi connectivity index (χ3n) is 4.01. The molecule has 0 aromatic heterocycles. The van der Waals surface area contributed by atoms with Crippen LogP contribution in [0, 0.1) is 11.8 Å². The second kappa shape index (κ2) is 7.55. The molecule has 0 N–H and O–H groups in total. The Morgan fingerprint density at radius 3 is 2.69 bits per heavy atom. The lowest BCUT2D eigenvalue weighted by atomic mass is 9.95. The Hall–Kier alpha value is 0.250. The first-order chi connectivity index (χ1) is 7.67. The smallest absolute Gasteiger partial charge is 0.0489 e. The van der Waals surface area contributed by atoms with Crippen molar-refractivity contribution in [2.45, 2.75) is 58.3 Å². The van der Waals surface area contributed by atoms with E-state index in [1.54, 1.807) is 0 Å². The Bertz CT molecular complexity index is 184. The Labute approximate surface area is 107 Å². The highest BCUT2D eigenvalue weighted by molar-refractivity contribution is 6.21. The molecule has 0 aliphatic carbocycles. The number of alkyl halides is 1. The lowest BCUT2D eigenvalue weighted by Gasteiger charge is -2.36. The van der Waals surface area contributed by atoms with Crippen molar-refractivity contribution in [3.8, 4) is 0 Å². The molecule has 0 saturated carbocycles. The first-order valence-corrected chi connectivity index (χ1v) is 7.47. The number of rotatable bonds is 6. The summed E-state index contributed by atoms with van der Waals surface area (Å²) in [7, 11) is 0. The SMILES string of the molecule is CCCCC(CC)CN1CCC(C)C(Cl)C1. The third kappa shape index (κ3) is 4.63. The second-order valence-corrected chi connectivity index (χ2v) is 6.02. The molecule has 1 nitrogen and oxygen atoms in total. The second-order valence-electron chi connectivity index (χ2n) is 5.46. The van der Waals surface area contributed by atoms with Crippen LogP contribution in [0.15, 0.2) is 0 Å². The summed E-state index contributed by atoms with van der Waals surface area (Å²) in [6, 6.07) is 0. The number of hydrogen-bond donors (Lipinski definition) is 0. The minimum absolute atomic E-state index is 0.373. The van der Waals surface area contributed by atoms with Crippen LogP contribution in [-0.2, 0) is 0 Å². The predicted octanol–water partition coefficient (Wildman–Crippen LogP) is 4.15. The van der Waals surface area contributed by atoms with Crippen molar-refractivity contribution in [3.05, 3.63) is 0 Å². The maximum absolute atomic E-state index is 6.35. The molecule has 1 saturated heterocycles. The standard InChI is InChI=1S/C14H28ClN/c1-4-6-7-13(5-2)10-16-9-8-12(3)14(15)11-16/h12-14H,4-11H2,1-3H3. The molecule has 3 atom stereocenters. The van der Waals surface area contributed by atoms with Gasteiger partial charge in [-0.3, -0.25) is 0 Å². The van der Waals surface area contributed by atoms with E-state index >= 15 is 0 Å². The quantitative estimate of drug-likeness (QED) is 0.636. The van der Waals surface area contributed by atoms with Gasteiger partial charge in [-0.1, -0.05) is 40.0 Å². The van der Waals surface area contributed by atoms with Gasteiger partial charge in [-0.15, -0.1) is 11.6 Å². The molecule has 3 unspecified atom stereocenters. The number of hydrogen-bond acceptors (Lipinski definition) is 1. The van der Waals surface area contributed by atoms with Crippen LogP contribution in [0.25, 0.3) is 0 Å². The first kappa shape index (κ1) is 14.3. The molecule has 0 aromatic carbocycles. The van der Waals surface area contributed by atoms with Gasteiger partial charge in [0, 0.05) is 18.5 Å². The molecule has 16 heavy (non-hydrogen) atoms. The molecule has 0 aromatic rings. The molecule has 1 fully saturated rings. The van der Waals surface area contributed by atoms with E-state index in [0.29, 0.717) is 11.3 Å². The molecule has 1 aliphatic rings. The molecule has 96 valence electrons. The number of piperidine rings is 1. The highest BCUT2D eigenvalue weighted by atomic mass is 35.5. The van der Waals surface area contributed by atoms with Gasteiger partial charge in [0.25, 0.3) is 0 Å². The lowest BCUT2D eigenvalue weighted by Crippen LogP contribution is -2.42. The molecule has 1 aliphatic heterocycles. The topological polar surface area (TPSA) is 3.24 Å². The maximum Gasteiger partial charge on any atom is 0.0489 e.